The second-order valence-electron chi connectivity index (χ2n) is 6.02. The minimum atomic E-state index is -0.347. The number of nitrogens with one attached hydrogen (secondary N) is 1. The highest BCUT2D eigenvalue weighted by atomic mass is 32.2. The van der Waals surface area contributed by atoms with Gasteiger partial charge in [-0.05, 0) is 12.1 Å². The van der Waals surface area contributed by atoms with Gasteiger partial charge in [-0.3, -0.25) is 14.7 Å². The summed E-state index contributed by atoms with van der Waals surface area (Å²) in [6.07, 6.45) is 2.18. The van der Waals surface area contributed by atoms with E-state index in [4.69, 9.17) is 4.74 Å². The Labute approximate surface area is 152 Å². The molecule has 0 aromatic carbocycles. The Morgan fingerprint density at radius 3 is 2.92 bits per heavy atom. The van der Waals surface area contributed by atoms with Crippen LogP contribution >= 0.6 is 23.5 Å². The molecule has 7 heteroatoms. The molecule has 132 valence electrons. The number of morpholine rings is 1. The molecule has 2 aliphatic rings. The van der Waals surface area contributed by atoms with Crippen molar-refractivity contribution in [3.05, 3.63) is 30.1 Å². The van der Waals surface area contributed by atoms with Crippen molar-refractivity contribution in [3.63, 3.8) is 0 Å². The van der Waals surface area contributed by atoms with Crippen molar-refractivity contribution in [2.24, 2.45) is 0 Å². The largest absolute Gasteiger partial charge is 0.366 e. The lowest BCUT2D eigenvalue weighted by Gasteiger charge is -2.37. The molecule has 0 aliphatic carbocycles. The van der Waals surface area contributed by atoms with Gasteiger partial charge in [0.2, 0.25) is 5.91 Å². The van der Waals surface area contributed by atoms with E-state index in [9.17, 15) is 4.79 Å². The zero-order valence-corrected chi connectivity index (χ0v) is 15.5. The van der Waals surface area contributed by atoms with Gasteiger partial charge in [0.25, 0.3) is 0 Å². The number of thioether (sulfide) groups is 2. The van der Waals surface area contributed by atoms with E-state index in [1.54, 1.807) is 6.20 Å². The molecule has 1 atom stereocenters. The van der Waals surface area contributed by atoms with Crippen LogP contribution in [0.5, 0.6) is 0 Å². The average Bonchev–Trinajstić information content (AvgIpc) is 2.92. The second kappa shape index (κ2) is 9.65. The molecule has 5 nitrogen and oxygen atoms in total. The van der Waals surface area contributed by atoms with Gasteiger partial charge in [-0.25, -0.2) is 0 Å². The van der Waals surface area contributed by atoms with Crippen LogP contribution in [0.1, 0.15) is 5.69 Å². The van der Waals surface area contributed by atoms with Crippen LogP contribution in [0.2, 0.25) is 0 Å². The minimum Gasteiger partial charge on any atom is -0.366 e. The van der Waals surface area contributed by atoms with E-state index in [0.29, 0.717) is 25.7 Å². The highest BCUT2D eigenvalue weighted by Gasteiger charge is 2.30. The van der Waals surface area contributed by atoms with Crippen molar-refractivity contribution in [3.8, 4) is 0 Å². The summed E-state index contributed by atoms with van der Waals surface area (Å²) in [5.41, 5.74) is 0.997. The third kappa shape index (κ3) is 5.37. The van der Waals surface area contributed by atoms with E-state index < -0.39 is 0 Å². The summed E-state index contributed by atoms with van der Waals surface area (Å²) in [6.45, 7) is 2.89. The van der Waals surface area contributed by atoms with Crippen molar-refractivity contribution < 1.29 is 9.53 Å². The van der Waals surface area contributed by atoms with Gasteiger partial charge in [0, 0.05) is 67.0 Å². The van der Waals surface area contributed by atoms with Gasteiger partial charge in [-0.1, -0.05) is 6.07 Å². The Morgan fingerprint density at radius 1 is 1.33 bits per heavy atom. The van der Waals surface area contributed by atoms with Crippen molar-refractivity contribution in [1.29, 1.82) is 0 Å². The van der Waals surface area contributed by atoms with Crippen LogP contribution in [0.4, 0.5) is 0 Å². The third-order valence-electron chi connectivity index (χ3n) is 4.31. The maximum atomic E-state index is 12.4. The first-order chi connectivity index (χ1) is 11.8. The van der Waals surface area contributed by atoms with E-state index in [1.165, 1.54) is 23.0 Å². The predicted octanol–water partition coefficient (Wildman–Crippen LogP) is 1.29. The average molecular weight is 368 g/mol. The fourth-order valence-corrected chi connectivity index (χ4v) is 5.58. The number of carbonyl (C=O) groups is 1. The van der Waals surface area contributed by atoms with Crippen LogP contribution in [0.3, 0.4) is 0 Å². The van der Waals surface area contributed by atoms with Crippen molar-refractivity contribution >= 4 is 29.4 Å². The minimum absolute atomic E-state index is 0.00422. The number of amides is 1. The van der Waals surface area contributed by atoms with E-state index >= 15 is 0 Å². The van der Waals surface area contributed by atoms with Crippen LogP contribution in [0, 0.1) is 0 Å². The van der Waals surface area contributed by atoms with E-state index in [0.717, 1.165) is 18.7 Å². The molecule has 1 aromatic rings. The molecular weight excluding hydrogens is 342 g/mol. The maximum Gasteiger partial charge on any atom is 0.250 e. The van der Waals surface area contributed by atoms with Crippen LogP contribution < -0.4 is 5.32 Å². The van der Waals surface area contributed by atoms with Crippen molar-refractivity contribution in [2.45, 2.75) is 18.6 Å². The van der Waals surface area contributed by atoms with Gasteiger partial charge in [0.05, 0.1) is 6.61 Å². The van der Waals surface area contributed by atoms with Gasteiger partial charge in [0.15, 0.2) is 0 Å². The molecule has 0 bridgehead atoms. The zero-order valence-electron chi connectivity index (χ0n) is 13.9. The molecule has 0 saturated carbocycles. The number of rotatable bonds is 5. The lowest BCUT2D eigenvalue weighted by atomic mass is 10.2. The molecule has 1 amide bonds. The van der Waals surface area contributed by atoms with Crippen molar-refractivity contribution in [2.75, 3.05) is 49.3 Å². The number of aromatic nitrogens is 1. The highest BCUT2D eigenvalue weighted by Crippen LogP contribution is 2.22. The second-order valence-corrected chi connectivity index (χ2v) is 8.32. The van der Waals surface area contributed by atoms with E-state index in [-0.39, 0.29) is 12.0 Å². The number of pyridine rings is 1. The molecule has 2 fully saturated rings. The highest BCUT2D eigenvalue weighted by molar-refractivity contribution is 8.03. The number of hydrogen-bond donors (Lipinski definition) is 1. The summed E-state index contributed by atoms with van der Waals surface area (Å²) < 4.78 is 5.71. The van der Waals surface area contributed by atoms with Gasteiger partial charge in [0.1, 0.15) is 6.10 Å². The Balaban J connectivity index is 1.44. The molecular formula is C17H25N3O2S2. The lowest BCUT2D eigenvalue weighted by Crippen LogP contribution is -2.54. The van der Waals surface area contributed by atoms with Crippen LogP contribution in [0.25, 0.3) is 0 Å². The van der Waals surface area contributed by atoms with Gasteiger partial charge in [-0.2, -0.15) is 23.5 Å². The first-order valence-corrected chi connectivity index (χ1v) is 10.8. The molecule has 0 radical (unpaired) electrons. The van der Waals surface area contributed by atoms with E-state index in [2.05, 4.69) is 15.2 Å². The van der Waals surface area contributed by atoms with E-state index in [1.807, 2.05) is 41.7 Å². The van der Waals surface area contributed by atoms with Gasteiger partial charge in [-0.15, -0.1) is 0 Å². The van der Waals surface area contributed by atoms with Crippen LogP contribution in [0.15, 0.2) is 24.4 Å². The first-order valence-electron chi connectivity index (χ1n) is 8.51. The summed E-state index contributed by atoms with van der Waals surface area (Å²) >= 11 is 4.06. The molecule has 1 unspecified atom stereocenters. The molecule has 1 aromatic heterocycles. The third-order valence-corrected chi connectivity index (χ3v) is 6.79. The number of hydrogen-bond acceptors (Lipinski definition) is 6. The standard InChI is InChI=1S/C17H25N3O2S2/c21-17(19-6-4-14-3-1-2-5-18-14)16-11-20(7-8-22-16)15-12-23-9-10-24-13-15/h1-3,5,15-16H,4,6-13H2,(H,19,21). The zero-order chi connectivity index (χ0) is 16.6. The van der Waals surface area contributed by atoms with Crippen LogP contribution in [-0.4, -0.2) is 77.2 Å². The predicted molar refractivity (Wildman–Crippen MR) is 101 cm³/mol. The Hall–Kier alpha value is -0.760. The molecule has 0 spiro atoms. The Kier molecular flexibility index (Phi) is 7.26. The normalized spacial score (nSPS) is 23.6. The number of ether oxygens (including phenoxy) is 1. The fraction of sp³-hybridized carbons (Fsp3) is 0.647. The van der Waals surface area contributed by atoms with Crippen molar-refractivity contribution in [1.82, 2.24) is 15.2 Å². The summed E-state index contributed by atoms with van der Waals surface area (Å²) in [5.74, 6) is 4.82. The first kappa shape index (κ1) is 18.0. The van der Waals surface area contributed by atoms with Crippen LogP contribution in [-0.2, 0) is 16.0 Å². The summed E-state index contributed by atoms with van der Waals surface area (Å²) in [5, 5.41) is 3.00. The molecule has 2 saturated heterocycles. The Morgan fingerprint density at radius 2 is 2.17 bits per heavy atom. The molecule has 24 heavy (non-hydrogen) atoms. The molecule has 3 heterocycles. The maximum absolute atomic E-state index is 12.4. The number of carbonyl (C=O) groups excluding carboxylic acids is 1. The fourth-order valence-electron chi connectivity index (χ4n) is 2.95. The van der Waals surface area contributed by atoms with Gasteiger partial charge >= 0.3 is 0 Å². The lowest BCUT2D eigenvalue weighted by molar-refractivity contribution is -0.139. The molecule has 2 aliphatic heterocycles. The summed E-state index contributed by atoms with van der Waals surface area (Å²) in [4.78, 5) is 19.1. The monoisotopic (exact) mass is 367 g/mol. The van der Waals surface area contributed by atoms with Gasteiger partial charge < -0.3 is 10.1 Å². The summed E-state index contributed by atoms with van der Waals surface area (Å²) in [6, 6.07) is 6.41. The topological polar surface area (TPSA) is 54.5 Å². The Bertz CT molecular complexity index is 510. The SMILES string of the molecule is O=C(NCCc1ccccn1)C1CN(C2CSCCSC2)CCO1. The number of nitrogens with zero attached hydrogens (tertiary/aromatic N) is 2. The molecule has 3 rings (SSSR count). The molecule has 1 N–H and O–H groups in total. The summed E-state index contributed by atoms with van der Waals surface area (Å²) in [7, 11) is 0. The quantitative estimate of drug-likeness (QED) is 0.846. The smallest absolute Gasteiger partial charge is 0.250 e.